The smallest absolute Gasteiger partial charge is 0.210 e. The third-order valence-electron chi connectivity index (χ3n) is 4.36. The Kier molecular flexibility index (Phi) is 10.6. The van der Waals surface area contributed by atoms with Crippen molar-refractivity contribution in [2.24, 2.45) is 16.0 Å². The summed E-state index contributed by atoms with van der Waals surface area (Å²) in [6.07, 6.45) is 2.12. The number of ether oxygens (including phenoxy) is 1. The van der Waals surface area contributed by atoms with Gasteiger partial charge < -0.3 is 15.4 Å². The molecular formula is C18H31IN4O3S. The van der Waals surface area contributed by atoms with E-state index in [9.17, 15) is 8.42 Å². The summed E-state index contributed by atoms with van der Waals surface area (Å²) in [5.74, 6) is 0.764. The van der Waals surface area contributed by atoms with Gasteiger partial charge in [0.25, 0.3) is 0 Å². The number of guanidine groups is 1. The number of nitrogens with two attached hydrogens (primary N) is 1. The Labute approximate surface area is 179 Å². The van der Waals surface area contributed by atoms with Gasteiger partial charge in [-0.15, -0.1) is 24.0 Å². The van der Waals surface area contributed by atoms with E-state index in [1.54, 1.807) is 0 Å². The molecular weight excluding hydrogens is 479 g/mol. The first-order valence-electron chi connectivity index (χ1n) is 9.10. The third-order valence-corrected chi connectivity index (χ3v) is 5.13. The zero-order valence-corrected chi connectivity index (χ0v) is 19.1. The molecule has 1 heterocycles. The van der Waals surface area contributed by atoms with Gasteiger partial charge in [-0.05, 0) is 32.3 Å². The van der Waals surface area contributed by atoms with Crippen molar-refractivity contribution in [3.05, 3.63) is 35.4 Å². The molecule has 1 aromatic rings. The van der Waals surface area contributed by atoms with Gasteiger partial charge in [0, 0.05) is 32.2 Å². The second kappa shape index (κ2) is 11.8. The van der Waals surface area contributed by atoms with Crippen LogP contribution in [0.15, 0.2) is 29.3 Å². The SMILES string of the molecule is CCNC(=NCC1CCCOC1c1ccc(C)cc1)NCCS(N)(=O)=O.I. The Bertz CT molecular complexity index is 695. The van der Waals surface area contributed by atoms with Crippen molar-refractivity contribution in [1.29, 1.82) is 0 Å². The molecule has 0 saturated carbocycles. The van der Waals surface area contributed by atoms with Crippen molar-refractivity contribution >= 4 is 40.0 Å². The summed E-state index contributed by atoms with van der Waals surface area (Å²) in [5, 5.41) is 11.2. The highest BCUT2D eigenvalue weighted by Crippen LogP contribution is 2.33. The molecule has 1 fully saturated rings. The zero-order chi connectivity index (χ0) is 19.0. The molecule has 0 aromatic heterocycles. The van der Waals surface area contributed by atoms with Gasteiger partial charge in [-0.1, -0.05) is 29.8 Å². The number of rotatable bonds is 7. The average molecular weight is 510 g/mol. The lowest BCUT2D eigenvalue weighted by Crippen LogP contribution is -2.41. The van der Waals surface area contributed by atoms with Gasteiger partial charge in [0.15, 0.2) is 5.96 Å². The summed E-state index contributed by atoms with van der Waals surface area (Å²) in [5.41, 5.74) is 2.41. The van der Waals surface area contributed by atoms with Crippen LogP contribution in [0, 0.1) is 12.8 Å². The van der Waals surface area contributed by atoms with Crippen LogP contribution in [0.5, 0.6) is 0 Å². The Morgan fingerprint density at radius 2 is 2.00 bits per heavy atom. The van der Waals surface area contributed by atoms with E-state index in [1.807, 2.05) is 6.92 Å². The molecule has 0 aliphatic carbocycles. The monoisotopic (exact) mass is 510 g/mol. The van der Waals surface area contributed by atoms with Crippen LogP contribution in [0.4, 0.5) is 0 Å². The molecule has 1 aliphatic heterocycles. The Hall–Kier alpha value is -0.910. The van der Waals surface area contributed by atoms with Crippen LogP contribution in [0.2, 0.25) is 0 Å². The highest BCUT2D eigenvalue weighted by molar-refractivity contribution is 14.0. The lowest BCUT2D eigenvalue weighted by molar-refractivity contribution is -0.0250. The van der Waals surface area contributed by atoms with E-state index in [-0.39, 0.29) is 42.4 Å². The minimum atomic E-state index is -3.48. The summed E-state index contributed by atoms with van der Waals surface area (Å²) in [4.78, 5) is 4.63. The molecule has 27 heavy (non-hydrogen) atoms. The predicted molar refractivity (Wildman–Crippen MR) is 120 cm³/mol. The van der Waals surface area contributed by atoms with Crippen LogP contribution >= 0.6 is 24.0 Å². The first-order valence-corrected chi connectivity index (χ1v) is 10.8. The normalized spacial score (nSPS) is 20.6. The lowest BCUT2D eigenvalue weighted by atomic mass is 9.89. The number of primary sulfonamides is 1. The van der Waals surface area contributed by atoms with Crippen molar-refractivity contribution in [2.45, 2.75) is 32.8 Å². The predicted octanol–water partition coefficient (Wildman–Crippen LogP) is 1.92. The van der Waals surface area contributed by atoms with Crippen molar-refractivity contribution in [2.75, 3.05) is 32.0 Å². The Morgan fingerprint density at radius 3 is 2.63 bits per heavy atom. The van der Waals surface area contributed by atoms with E-state index in [1.165, 1.54) is 11.1 Å². The van der Waals surface area contributed by atoms with Crippen LogP contribution in [0.1, 0.15) is 37.0 Å². The fourth-order valence-electron chi connectivity index (χ4n) is 3.02. The summed E-state index contributed by atoms with van der Waals surface area (Å²) >= 11 is 0. The number of hydrogen-bond acceptors (Lipinski definition) is 4. The van der Waals surface area contributed by atoms with Gasteiger partial charge in [0.1, 0.15) is 0 Å². The van der Waals surface area contributed by atoms with Gasteiger partial charge in [-0.3, -0.25) is 4.99 Å². The standard InChI is InChI=1S/C18H30N4O3S.HI/c1-3-20-18(21-10-12-26(19,23)24)22-13-16-5-4-11-25-17(16)15-8-6-14(2)7-9-15;/h6-9,16-17H,3-5,10-13H2,1-2H3,(H2,19,23,24)(H2,20,21,22);1H. The molecule has 1 aliphatic rings. The first-order chi connectivity index (χ1) is 12.4. The van der Waals surface area contributed by atoms with Crippen molar-refractivity contribution in [1.82, 2.24) is 10.6 Å². The van der Waals surface area contributed by atoms with Crippen LogP contribution in [0.25, 0.3) is 0 Å². The molecule has 0 spiro atoms. The van der Waals surface area contributed by atoms with E-state index in [0.29, 0.717) is 25.0 Å². The summed E-state index contributed by atoms with van der Waals surface area (Å²) in [6.45, 7) is 6.35. The number of aryl methyl sites for hydroxylation is 1. The van der Waals surface area contributed by atoms with Gasteiger partial charge in [-0.25, -0.2) is 13.6 Å². The Morgan fingerprint density at radius 1 is 1.30 bits per heavy atom. The molecule has 2 unspecified atom stereocenters. The summed E-state index contributed by atoms with van der Waals surface area (Å²) in [6, 6.07) is 8.45. The molecule has 0 bridgehead atoms. The molecule has 7 nitrogen and oxygen atoms in total. The van der Waals surface area contributed by atoms with E-state index in [0.717, 1.165) is 19.4 Å². The summed E-state index contributed by atoms with van der Waals surface area (Å²) < 4.78 is 28.1. The maximum Gasteiger partial charge on any atom is 0.210 e. The van der Waals surface area contributed by atoms with Crippen LogP contribution < -0.4 is 15.8 Å². The highest BCUT2D eigenvalue weighted by Gasteiger charge is 2.27. The molecule has 1 aromatic carbocycles. The average Bonchev–Trinajstić information content (AvgIpc) is 2.60. The van der Waals surface area contributed by atoms with Gasteiger partial charge in [0.2, 0.25) is 10.0 Å². The van der Waals surface area contributed by atoms with E-state index in [4.69, 9.17) is 9.88 Å². The molecule has 154 valence electrons. The number of halogens is 1. The van der Waals surface area contributed by atoms with Crippen LogP contribution in [-0.4, -0.2) is 46.4 Å². The number of benzene rings is 1. The van der Waals surface area contributed by atoms with E-state index >= 15 is 0 Å². The number of sulfonamides is 1. The number of nitrogens with one attached hydrogen (secondary N) is 2. The molecule has 9 heteroatoms. The second-order valence-electron chi connectivity index (χ2n) is 6.62. The van der Waals surface area contributed by atoms with Crippen molar-refractivity contribution in [3.63, 3.8) is 0 Å². The molecule has 1 saturated heterocycles. The van der Waals surface area contributed by atoms with E-state index < -0.39 is 10.0 Å². The second-order valence-corrected chi connectivity index (χ2v) is 8.35. The van der Waals surface area contributed by atoms with Crippen LogP contribution in [0.3, 0.4) is 0 Å². The molecule has 4 N–H and O–H groups in total. The maximum atomic E-state index is 11.1. The Balaban J connectivity index is 0.00000364. The summed E-state index contributed by atoms with van der Waals surface area (Å²) in [7, 11) is -3.48. The van der Waals surface area contributed by atoms with Gasteiger partial charge in [0.05, 0.1) is 11.9 Å². The third kappa shape index (κ3) is 8.75. The van der Waals surface area contributed by atoms with Crippen LogP contribution in [-0.2, 0) is 14.8 Å². The fraction of sp³-hybridized carbons (Fsp3) is 0.611. The van der Waals surface area contributed by atoms with Gasteiger partial charge >= 0.3 is 0 Å². The number of nitrogens with zero attached hydrogens (tertiary/aromatic N) is 1. The number of aliphatic imine (C=N–C) groups is 1. The minimum Gasteiger partial charge on any atom is -0.373 e. The highest BCUT2D eigenvalue weighted by atomic mass is 127. The first kappa shape index (κ1) is 24.1. The zero-order valence-electron chi connectivity index (χ0n) is 16.0. The minimum absolute atomic E-state index is 0. The number of hydrogen-bond donors (Lipinski definition) is 3. The fourth-order valence-corrected chi connectivity index (χ4v) is 3.40. The van der Waals surface area contributed by atoms with E-state index in [2.05, 4.69) is 46.8 Å². The topological polar surface area (TPSA) is 106 Å². The maximum absolute atomic E-state index is 11.1. The molecule has 2 atom stereocenters. The van der Waals surface area contributed by atoms with Crippen molar-refractivity contribution < 1.29 is 13.2 Å². The quantitative estimate of drug-likeness (QED) is 0.295. The largest absolute Gasteiger partial charge is 0.373 e. The van der Waals surface area contributed by atoms with Crippen molar-refractivity contribution in [3.8, 4) is 0 Å². The molecule has 0 radical (unpaired) electrons. The van der Waals surface area contributed by atoms with Gasteiger partial charge in [-0.2, -0.15) is 0 Å². The molecule has 0 amide bonds. The lowest BCUT2D eigenvalue weighted by Gasteiger charge is -2.31. The molecule has 2 rings (SSSR count).